The van der Waals surface area contributed by atoms with Gasteiger partial charge in [0.05, 0.1) is 18.8 Å². The smallest absolute Gasteiger partial charge is 0.255 e. The van der Waals surface area contributed by atoms with Gasteiger partial charge in [-0.25, -0.2) is 8.78 Å². The van der Waals surface area contributed by atoms with Crippen LogP contribution in [0.15, 0.2) is 27.8 Å². The lowest BCUT2D eigenvalue weighted by Gasteiger charge is -2.25. The number of aliphatic hydroxyl groups is 1. The average molecular weight is 338 g/mol. The largest absolute Gasteiger partial charge is 0.409 e. The van der Waals surface area contributed by atoms with Crippen molar-refractivity contribution in [3.8, 4) is 0 Å². The zero-order valence-corrected chi connectivity index (χ0v) is 11.5. The van der Waals surface area contributed by atoms with Crippen LogP contribution in [0.5, 0.6) is 0 Å². The summed E-state index contributed by atoms with van der Waals surface area (Å²) in [7, 11) is 0. The Labute approximate surface area is 117 Å². The molecule has 4 N–H and O–H groups in total. The van der Waals surface area contributed by atoms with E-state index in [-0.39, 0.29) is 19.0 Å². The van der Waals surface area contributed by atoms with Crippen LogP contribution in [-0.4, -0.2) is 42.3 Å². The quantitative estimate of drug-likeness (QED) is 0.319. The minimum atomic E-state index is -2.51. The lowest BCUT2D eigenvalue weighted by atomic mass is 10.2. The van der Waals surface area contributed by atoms with Crippen LogP contribution in [0.1, 0.15) is 5.56 Å². The van der Waals surface area contributed by atoms with Gasteiger partial charge in [-0.05, 0) is 34.1 Å². The number of anilines is 1. The van der Waals surface area contributed by atoms with E-state index < -0.39 is 13.0 Å². The Morgan fingerprint density at radius 3 is 2.63 bits per heavy atom. The number of hydrogen-bond acceptors (Lipinski definition) is 4. The molecule has 19 heavy (non-hydrogen) atoms. The molecule has 0 aliphatic rings. The summed E-state index contributed by atoms with van der Waals surface area (Å²) in [6, 6.07) is 4.67. The number of amidine groups is 1. The Hall–Kier alpha value is -1.41. The number of oxime groups is 1. The van der Waals surface area contributed by atoms with Gasteiger partial charge in [0.25, 0.3) is 6.43 Å². The molecule has 106 valence electrons. The van der Waals surface area contributed by atoms with Crippen molar-refractivity contribution in [3.63, 3.8) is 0 Å². The molecule has 0 saturated carbocycles. The second-order valence-corrected chi connectivity index (χ2v) is 4.57. The second-order valence-electron chi connectivity index (χ2n) is 3.71. The maximum Gasteiger partial charge on any atom is 0.255 e. The van der Waals surface area contributed by atoms with Crippen LogP contribution in [0.4, 0.5) is 14.5 Å². The van der Waals surface area contributed by atoms with Gasteiger partial charge in [0.2, 0.25) is 0 Å². The van der Waals surface area contributed by atoms with E-state index in [1.165, 1.54) is 4.90 Å². The number of halogens is 3. The molecular formula is C11H14BrF2N3O2. The summed E-state index contributed by atoms with van der Waals surface area (Å²) in [4.78, 5) is 1.35. The Bertz CT molecular complexity index is 458. The Kier molecular flexibility index (Phi) is 5.97. The maximum atomic E-state index is 12.5. The van der Waals surface area contributed by atoms with E-state index >= 15 is 0 Å². The van der Waals surface area contributed by atoms with Crippen molar-refractivity contribution < 1.29 is 19.1 Å². The monoisotopic (exact) mass is 337 g/mol. The van der Waals surface area contributed by atoms with Crippen molar-refractivity contribution in [2.75, 3.05) is 24.6 Å². The lowest BCUT2D eigenvalue weighted by molar-refractivity contribution is 0.152. The number of hydrogen-bond donors (Lipinski definition) is 3. The SMILES string of the molecule is N/C(=N/O)c1ccc(N(CCO)CC(F)F)c(Br)c1. The first-order chi connectivity index (χ1) is 8.99. The predicted molar refractivity (Wildman–Crippen MR) is 72.0 cm³/mol. The summed E-state index contributed by atoms with van der Waals surface area (Å²) < 4.78 is 25.5. The Balaban J connectivity index is 3.04. The molecule has 0 unspecified atom stereocenters. The van der Waals surface area contributed by atoms with Crippen LogP contribution in [0, 0.1) is 0 Å². The molecule has 1 aromatic carbocycles. The summed E-state index contributed by atoms with van der Waals surface area (Å²) in [5.74, 6) is -0.0742. The molecule has 0 aliphatic heterocycles. The van der Waals surface area contributed by atoms with Crippen LogP contribution < -0.4 is 10.6 Å². The molecule has 0 aliphatic carbocycles. The van der Waals surface area contributed by atoms with Gasteiger partial charge in [0.15, 0.2) is 5.84 Å². The molecule has 0 spiro atoms. The number of nitrogens with zero attached hydrogens (tertiary/aromatic N) is 2. The third-order valence-electron chi connectivity index (χ3n) is 2.42. The molecule has 8 heteroatoms. The summed E-state index contributed by atoms with van der Waals surface area (Å²) in [6.45, 7) is -0.630. The van der Waals surface area contributed by atoms with Crippen LogP contribution >= 0.6 is 15.9 Å². The molecule has 1 aromatic rings. The van der Waals surface area contributed by atoms with Crippen molar-refractivity contribution in [3.05, 3.63) is 28.2 Å². The van der Waals surface area contributed by atoms with Crippen LogP contribution in [0.25, 0.3) is 0 Å². The molecule has 1 rings (SSSR count). The Morgan fingerprint density at radius 2 is 2.16 bits per heavy atom. The molecule has 0 amide bonds. The molecule has 0 aromatic heterocycles. The van der Waals surface area contributed by atoms with Crippen molar-refractivity contribution in [2.24, 2.45) is 10.9 Å². The van der Waals surface area contributed by atoms with Crippen LogP contribution in [0.3, 0.4) is 0 Å². The fourth-order valence-electron chi connectivity index (χ4n) is 1.58. The van der Waals surface area contributed by atoms with Gasteiger partial charge in [-0.15, -0.1) is 0 Å². The first-order valence-electron chi connectivity index (χ1n) is 5.41. The summed E-state index contributed by atoms with van der Waals surface area (Å²) in [5.41, 5.74) is 6.40. The van der Waals surface area contributed by atoms with E-state index in [1.807, 2.05) is 0 Å². The van der Waals surface area contributed by atoms with E-state index in [4.69, 9.17) is 16.0 Å². The Morgan fingerprint density at radius 1 is 1.47 bits per heavy atom. The number of rotatable bonds is 6. The second kappa shape index (κ2) is 7.25. The molecule has 0 heterocycles. The fourth-order valence-corrected chi connectivity index (χ4v) is 2.21. The van der Waals surface area contributed by atoms with Crippen LogP contribution in [-0.2, 0) is 0 Å². The van der Waals surface area contributed by atoms with Gasteiger partial charge >= 0.3 is 0 Å². The van der Waals surface area contributed by atoms with Gasteiger partial charge in [-0.1, -0.05) is 5.16 Å². The molecule has 0 saturated heterocycles. The summed E-state index contributed by atoms with van der Waals surface area (Å²) >= 11 is 3.24. The molecule has 0 fully saturated rings. The van der Waals surface area contributed by atoms with E-state index in [0.717, 1.165) is 0 Å². The molecule has 5 nitrogen and oxygen atoms in total. The first kappa shape index (κ1) is 15.6. The van der Waals surface area contributed by atoms with Crippen LogP contribution in [0.2, 0.25) is 0 Å². The van der Waals surface area contributed by atoms with E-state index in [1.54, 1.807) is 18.2 Å². The topological polar surface area (TPSA) is 82.1 Å². The number of aliphatic hydroxyl groups excluding tert-OH is 1. The lowest BCUT2D eigenvalue weighted by Crippen LogP contribution is -2.32. The maximum absolute atomic E-state index is 12.5. The van der Waals surface area contributed by atoms with Gasteiger partial charge in [0, 0.05) is 16.6 Å². The normalized spacial score (nSPS) is 11.9. The van der Waals surface area contributed by atoms with Crippen molar-refractivity contribution in [1.82, 2.24) is 0 Å². The van der Waals surface area contributed by atoms with Crippen molar-refractivity contribution in [2.45, 2.75) is 6.43 Å². The minimum absolute atomic E-state index is 0.0742. The molecule has 0 radical (unpaired) electrons. The van der Waals surface area contributed by atoms with E-state index in [2.05, 4.69) is 21.1 Å². The predicted octanol–water partition coefficient (Wildman–Crippen LogP) is 1.61. The highest BCUT2D eigenvalue weighted by Gasteiger charge is 2.15. The first-order valence-corrected chi connectivity index (χ1v) is 6.20. The number of alkyl halides is 2. The minimum Gasteiger partial charge on any atom is -0.409 e. The van der Waals surface area contributed by atoms with Gasteiger partial charge in [-0.2, -0.15) is 0 Å². The average Bonchev–Trinajstić information content (AvgIpc) is 2.36. The summed E-state index contributed by atoms with van der Waals surface area (Å²) in [6.07, 6.45) is -2.51. The molecule has 0 bridgehead atoms. The summed E-state index contributed by atoms with van der Waals surface area (Å²) in [5, 5.41) is 20.3. The van der Waals surface area contributed by atoms with Gasteiger partial charge in [-0.3, -0.25) is 0 Å². The van der Waals surface area contributed by atoms with E-state index in [0.29, 0.717) is 15.7 Å². The highest BCUT2D eigenvalue weighted by Crippen LogP contribution is 2.27. The highest BCUT2D eigenvalue weighted by molar-refractivity contribution is 9.10. The third-order valence-corrected chi connectivity index (χ3v) is 3.06. The van der Waals surface area contributed by atoms with E-state index in [9.17, 15) is 8.78 Å². The zero-order valence-electron chi connectivity index (χ0n) is 9.93. The number of benzene rings is 1. The third kappa shape index (κ3) is 4.32. The molecule has 0 atom stereocenters. The standard InChI is InChI=1S/C11H14BrF2N3O2/c12-8-5-7(11(15)16-19)1-2-9(8)17(3-4-18)6-10(13)14/h1-2,5,10,18-19H,3-4,6H2,(H2,15,16). The molecular weight excluding hydrogens is 324 g/mol. The van der Waals surface area contributed by atoms with Gasteiger partial charge in [0.1, 0.15) is 0 Å². The van der Waals surface area contributed by atoms with Gasteiger partial charge < -0.3 is 20.9 Å². The van der Waals surface area contributed by atoms with Crippen molar-refractivity contribution in [1.29, 1.82) is 0 Å². The fraction of sp³-hybridized carbons (Fsp3) is 0.364. The zero-order chi connectivity index (χ0) is 14.4. The highest BCUT2D eigenvalue weighted by atomic mass is 79.9. The van der Waals surface area contributed by atoms with Crippen molar-refractivity contribution >= 4 is 27.5 Å². The number of nitrogens with two attached hydrogens (primary N) is 1.